The Labute approximate surface area is 316 Å². The van der Waals surface area contributed by atoms with Crippen LogP contribution in [0.5, 0.6) is 0 Å². The van der Waals surface area contributed by atoms with Crippen molar-refractivity contribution in [2.45, 2.75) is 61.8 Å². The quantitative estimate of drug-likeness (QED) is 0.124. The molecule has 50 heavy (non-hydrogen) atoms. The van der Waals surface area contributed by atoms with Gasteiger partial charge in [-0.1, -0.05) is 85.5 Å². The second-order valence-corrected chi connectivity index (χ2v) is 18.7. The zero-order valence-corrected chi connectivity index (χ0v) is 33.9. The first-order valence-electron chi connectivity index (χ1n) is 15.5. The number of nitrogens with one attached hydrogen (secondary N) is 2. The molecule has 0 saturated heterocycles. The van der Waals surface area contributed by atoms with Crippen LogP contribution in [0.15, 0.2) is 99.2 Å². The van der Waals surface area contributed by atoms with Crippen LogP contribution in [0.3, 0.4) is 0 Å². The predicted octanol–water partition coefficient (Wildman–Crippen LogP) is 10.5. The number of benzene rings is 2. The molecular formula is C34H34Br2N4O6S4. The Morgan fingerprint density at radius 3 is 1.26 bits per heavy atom. The highest BCUT2D eigenvalue weighted by Crippen LogP contribution is 2.35. The van der Waals surface area contributed by atoms with Gasteiger partial charge < -0.3 is 9.05 Å². The summed E-state index contributed by atoms with van der Waals surface area (Å²) in [5, 5.41) is 7.45. The number of sulfonamides is 2. The van der Waals surface area contributed by atoms with Crippen molar-refractivity contribution in [3.05, 3.63) is 104 Å². The van der Waals surface area contributed by atoms with Gasteiger partial charge in [-0.25, -0.2) is 26.3 Å². The Kier molecular flexibility index (Phi) is 12.4. The van der Waals surface area contributed by atoms with Gasteiger partial charge in [0.1, 0.15) is 17.4 Å². The molecule has 0 bridgehead atoms. The number of thiophene rings is 2. The molecular weight excluding hydrogens is 848 g/mol. The van der Waals surface area contributed by atoms with Gasteiger partial charge in [0.2, 0.25) is 0 Å². The summed E-state index contributed by atoms with van der Waals surface area (Å²) in [5.41, 5.74) is 5.73. The van der Waals surface area contributed by atoms with Gasteiger partial charge in [0.15, 0.2) is 0 Å². The van der Waals surface area contributed by atoms with Crippen LogP contribution in [0, 0.1) is 13.8 Å². The highest BCUT2D eigenvalue weighted by atomic mass is 79.9. The standard InChI is InChI=1S/2C17H17BrN2O3S2/c2*1-3-4-12-5-7-13(8-6-12)14-9-10-15(24-14)25(21,22)20-17-16(18)11(2)19-23-17/h2*5-10,20H,3-4H2,1-2H3. The summed E-state index contributed by atoms with van der Waals surface area (Å²) in [6.45, 7) is 7.73. The molecule has 0 unspecified atom stereocenters. The molecule has 264 valence electrons. The second kappa shape index (κ2) is 16.4. The lowest BCUT2D eigenvalue weighted by molar-refractivity contribution is 0.430. The number of hydrogen-bond acceptors (Lipinski definition) is 10. The van der Waals surface area contributed by atoms with Crippen molar-refractivity contribution >= 4 is 86.3 Å². The fourth-order valence-corrected chi connectivity index (χ4v) is 10.0. The Hall–Kier alpha value is -3.28. The SMILES string of the molecule is CCCc1ccc(-c2ccc(S(=O)(=O)Nc3onc(C)c3Br)s2)cc1.CCCc1ccc(-c2ccc(S(=O)(=O)Nc3onc(C)c3Br)s2)cc1. The molecule has 0 aliphatic rings. The maximum absolute atomic E-state index is 12.5. The molecule has 0 fully saturated rings. The molecule has 4 heterocycles. The van der Waals surface area contributed by atoms with Gasteiger partial charge in [-0.05, 0) is 105 Å². The molecule has 0 radical (unpaired) electrons. The average Bonchev–Trinajstić information content (AvgIpc) is 3.91. The predicted molar refractivity (Wildman–Crippen MR) is 207 cm³/mol. The number of aromatic nitrogens is 2. The van der Waals surface area contributed by atoms with Crippen LogP contribution in [0.25, 0.3) is 20.9 Å². The van der Waals surface area contributed by atoms with E-state index in [4.69, 9.17) is 9.05 Å². The molecule has 0 aliphatic carbocycles. The monoisotopic (exact) mass is 880 g/mol. The third-order valence-corrected chi connectivity index (χ3v) is 15.1. The smallest absolute Gasteiger partial charge is 0.273 e. The molecule has 0 amide bonds. The highest BCUT2D eigenvalue weighted by molar-refractivity contribution is 9.11. The van der Waals surface area contributed by atoms with Gasteiger partial charge in [-0.3, -0.25) is 0 Å². The maximum atomic E-state index is 12.5. The Bertz CT molecular complexity index is 2110. The van der Waals surface area contributed by atoms with E-state index in [1.54, 1.807) is 26.0 Å². The minimum absolute atomic E-state index is 0.0800. The lowest BCUT2D eigenvalue weighted by atomic mass is 10.1. The van der Waals surface area contributed by atoms with E-state index in [1.165, 1.54) is 33.8 Å². The fourth-order valence-electron chi connectivity index (χ4n) is 4.68. The summed E-state index contributed by atoms with van der Waals surface area (Å²) in [4.78, 5) is 1.80. The second-order valence-electron chi connectivity index (χ2n) is 11.2. The van der Waals surface area contributed by atoms with Crippen molar-refractivity contribution < 1.29 is 25.9 Å². The number of hydrogen-bond donors (Lipinski definition) is 2. The number of halogens is 2. The largest absolute Gasteiger partial charge is 0.336 e. The minimum atomic E-state index is -3.72. The number of rotatable bonds is 12. The molecule has 16 heteroatoms. The van der Waals surface area contributed by atoms with Gasteiger partial charge in [0.25, 0.3) is 31.8 Å². The molecule has 4 aromatic heterocycles. The number of anilines is 2. The van der Waals surface area contributed by atoms with E-state index < -0.39 is 20.0 Å². The van der Waals surface area contributed by atoms with Crippen LogP contribution < -0.4 is 9.44 Å². The summed E-state index contributed by atoms with van der Waals surface area (Å²) < 4.78 is 66.4. The summed E-state index contributed by atoms with van der Waals surface area (Å²) in [6.07, 6.45) is 4.28. The van der Waals surface area contributed by atoms with Crippen LogP contribution >= 0.6 is 54.5 Å². The summed E-state index contributed by atoms with van der Waals surface area (Å²) in [5.74, 6) is 0.160. The first-order chi connectivity index (χ1) is 23.8. The van der Waals surface area contributed by atoms with E-state index in [1.807, 2.05) is 36.4 Å². The minimum Gasteiger partial charge on any atom is -0.336 e. The van der Waals surface area contributed by atoms with Crippen molar-refractivity contribution in [1.29, 1.82) is 0 Å². The highest BCUT2D eigenvalue weighted by Gasteiger charge is 2.23. The first kappa shape index (κ1) is 38.0. The molecule has 10 nitrogen and oxygen atoms in total. The lowest BCUT2D eigenvalue weighted by Gasteiger charge is -2.03. The fraction of sp³-hybridized carbons (Fsp3) is 0.235. The van der Waals surface area contributed by atoms with Crippen LogP contribution in [0.1, 0.15) is 49.2 Å². The Morgan fingerprint density at radius 2 is 0.960 bits per heavy atom. The third-order valence-electron chi connectivity index (χ3n) is 7.28. The first-order valence-corrected chi connectivity index (χ1v) is 21.7. The molecule has 0 saturated carbocycles. The van der Waals surface area contributed by atoms with Gasteiger partial charge in [-0.15, -0.1) is 22.7 Å². The molecule has 2 aromatic carbocycles. The number of nitrogens with zero attached hydrogens (tertiary/aromatic N) is 2. The summed E-state index contributed by atoms with van der Waals surface area (Å²) in [6, 6.07) is 23.3. The number of aryl methyl sites for hydroxylation is 4. The summed E-state index contributed by atoms with van der Waals surface area (Å²) >= 11 is 8.95. The van der Waals surface area contributed by atoms with E-state index >= 15 is 0 Å². The molecule has 0 aliphatic heterocycles. The van der Waals surface area contributed by atoms with Crippen LogP contribution in [-0.4, -0.2) is 27.1 Å². The van der Waals surface area contributed by atoms with Crippen LogP contribution in [0.2, 0.25) is 0 Å². The van der Waals surface area contributed by atoms with E-state index in [2.05, 4.69) is 89.7 Å². The van der Waals surface area contributed by atoms with Gasteiger partial charge in [-0.2, -0.15) is 0 Å². The third kappa shape index (κ3) is 9.14. The van der Waals surface area contributed by atoms with Gasteiger partial charge >= 0.3 is 0 Å². The van der Waals surface area contributed by atoms with Crippen molar-refractivity contribution in [1.82, 2.24) is 10.3 Å². The van der Waals surface area contributed by atoms with Crippen LogP contribution in [0.4, 0.5) is 11.8 Å². The molecule has 6 rings (SSSR count). The molecule has 0 spiro atoms. The maximum Gasteiger partial charge on any atom is 0.273 e. The van der Waals surface area contributed by atoms with Crippen LogP contribution in [-0.2, 0) is 32.9 Å². The normalized spacial score (nSPS) is 11.6. The summed E-state index contributed by atoms with van der Waals surface area (Å²) in [7, 11) is -7.44. The van der Waals surface area contributed by atoms with E-state index in [0.29, 0.717) is 20.3 Å². The topological polar surface area (TPSA) is 144 Å². The lowest BCUT2D eigenvalue weighted by Crippen LogP contribution is -2.11. The van der Waals surface area contributed by atoms with Gasteiger partial charge in [0.05, 0.1) is 11.4 Å². The van der Waals surface area contributed by atoms with Crippen molar-refractivity contribution in [3.8, 4) is 20.9 Å². The van der Waals surface area contributed by atoms with Crippen molar-refractivity contribution in [3.63, 3.8) is 0 Å². The molecule has 0 atom stereocenters. The molecule has 6 aromatic rings. The Morgan fingerprint density at radius 1 is 0.600 bits per heavy atom. The zero-order valence-electron chi connectivity index (χ0n) is 27.5. The van der Waals surface area contributed by atoms with E-state index in [-0.39, 0.29) is 20.2 Å². The van der Waals surface area contributed by atoms with E-state index in [9.17, 15) is 16.8 Å². The average molecular weight is 883 g/mol. The Balaban J connectivity index is 0.000000194. The van der Waals surface area contributed by atoms with Gasteiger partial charge in [0, 0.05) is 9.75 Å². The van der Waals surface area contributed by atoms with Crippen molar-refractivity contribution in [2.24, 2.45) is 0 Å². The molecule has 2 N–H and O–H groups in total. The van der Waals surface area contributed by atoms with Crippen molar-refractivity contribution in [2.75, 3.05) is 9.44 Å². The zero-order chi connectivity index (χ0) is 36.1. The van der Waals surface area contributed by atoms with E-state index in [0.717, 1.165) is 46.6 Å².